The molecule has 1 aromatic carbocycles. The Kier molecular flexibility index (Phi) is 5.85. The fourth-order valence-corrected chi connectivity index (χ4v) is 3.78. The van der Waals surface area contributed by atoms with E-state index in [-0.39, 0.29) is 12.3 Å². The molecule has 0 aliphatic carbocycles. The molecule has 0 aliphatic heterocycles. The van der Waals surface area contributed by atoms with Gasteiger partial charge < -0.3 is 10.2 Å². The lowest BCUT2D eigenvalue weighted by Crippen LogP contribution is -2.18. The van der Waals surface area contributed by atoms with Gasteiger partial charge in [-0.25, -0.2) is 9.67 Å². The summed E-state index contributed by atoms with van der Waals surface area (Å²) in [6.07, 6.45) is 3.62. The Labute approximate surface area is 179 Å². The van der Waals surface area contributed by atoms with Gasteiger partial charge in [0.25, 0.3) is 0 Å². The number of carbonyl (C=O) groups is 1. The van der Waals surface area contributed by atoms with E-state index in [1.54, 1.807) is 23.1 Å². The zero-order valence-electron chi connectivity index (χ0n) is 16.8. The average molecular weight is 419 g/mol. The fraction of sp³-hybridized carbons (Fsp3) is 0.182. The smallest absolute Gasteiger partial charge is 0.231 e. The first-order valence-corrected chi connectivity index (χ1v) is 10.4. The molecule has 30 heavy (non-hydrogen) atoms. The van der Waals surface area contributed by atoms with Crippen molar-refractivity contribution in [2.75, 3.05) is 24.3 Å². The van der Waals surface area contributed by atoms with Crippen molar-refractivity contribution in [1.82, 2.24) is 19.7 Å². The third-order valence-electron chi connectivity index (χ3n) is 4.55. The van der Waals surface area contributed by atoms with E-state index >= 15 is 0 Å². The van der Waals surface area contributed by atoms with E-state index in [4.69, 9.17) is 0 Å². The number of thiazole rings is 1. The van der Waals surface area contributed by atoms with Gasteiger partial charge in [-0.05, 0) is 29.8 Å². The van der Waals surface area contributed by atoms with Crippen molar-refractivity contribution in [2.45, 2.75) is 13.0 Å². The second-order valence-electron chi connectivity index (χ2n) is 7.02. The summed E-state index contributed by atoms with van der Waals surface area (Å²) in [5.74, 6) is 0.537. The summed E-state index contributed by atoms with van der Waals surface area (Å²) in [4.78, 5) is 23.4. The zero-order valence-corrected chi connectivity index (χ0v) is 17.6. The van der Waals surface area contributed by atoms with E-state index < -0.39 is 0 Å². The topological polar surface area (TPSA) is 75.9 Å². The molecule has 0 atom stereocenters. The van der Waals surface area contributed by atoms with Gasteiger partial charge in [0.05, 0.1) is 30.6 Å². The third-order valence-corrected chi connectivity index (χ3v) is 5.46. The van der Waals surface area contributed by atoms with Crippen molar-refractivity contribution >= 4 is 28.7 Å². The van der Waals surface area contributed by atoms with Crippen molar-refractivity contribution in [2.24, 2.45) is 0 Å². The fourth-order valence-electron chi connectivity index (χ4n) is 2.98. The number of hydrogen-bond acceptors (Lipinski definition) is 6. The van der Waals surface area contributed by atoms with Crippen LogP contribution in [0.3, 0.4) is 0 Å². The molecule has 4 rings (SSSR count). The number of nitrogens with zero attached hydrogens (tertiary/aromatic N) is 5. The van der Waals surface area contributed by atoms with E-state index in [0.717, 1.165) is 27.6 Å². The number of anilines is 2. The predicted octanol–water partition coefficient (Wildman–Crippen LogP) is 3.70. The predicted molar refractivity (Wildman–Crippen MR) is 120 cm³/mol. The molecule has 3 aromatic heterocycles. The van der Waals surface area contributed by atoms with E-state index in [1.807, 2.05) is 37.7 Å². The molecule has 0 spiro atoms. The van der Waals surface area contributed by atoms with Gasteiger partial charge in [-0.2, -0.15) is 5.10 Å². The van der Waals surface area contributed by atoms with Crippen molar-refractivity contribution in [3.63, 3.8) is 0 Å². The second-order valence-corrected chi connectivity index (χ2v) is 7.88. The number of amides is 1. The Hall–Kier alpha value is -3.52. The number of pyridine rings is 1. The lowest BCUT2D eigenvalue weighted by molar-refractivity contribution is -0.115. The number of rotatable bonds is 7. The monoisotopic (exact) mass is 418 g/mol. The van der Waals surface area contributed by atoms with Crippen LogP contribution in [0.2, 0.25) is 0 Å². The SMILES string of the molecule is CN(C)c1ccc(Cn2nccc2NC(=O)Cc2csc(-c3ccccn3)n2)cc1. The van der Waals surface area contributed by atoms with Crippen LogP contribution in [0, 0.1) is 0 Å². The molecular formula is C22H22N6OS. The first-order chi connectivity index (χ1) is 14.6. The Balaban J connectivity index is 1.39. The average Bonchev–Trinajstić information content (AvgIpc) is 3.39. The zero-order chi connectivity index (χ0) is 20.9. The standard InChI is InChI=1S/C22H22N6OS/c1-27(2)18-8-6-16(7-9-18)14-28-20(10-12-24-28)26-21(29)13-17-15-30-22(25-17)19-5-3-4-11-23-19/h3-12,15H,13-14H2,1-2H3,(H,26,29). The first kappa shape index (κ1) is 19.8. The number of hydrogen-bond donors (Lipinski definition) is 1. The maximum absolute atomic E-state index is 12.5. The molecule has 0 radical (unpaired) electrons. The highest BCUT2D eigenvalue weighted by atomic mass is 32.1. The Morgan fingerprint density at radius 1 is 1.10 bits per heavy atom. The Morgan fingerprint density at radius 3 is 2.67 bits per heavy atom. The third kappa shape index (κ3) is 4.72. The van der Waals surface area contributed by atoms with Crippen LogP contribution in [0.25, 0.3) is 10.7 Å². The highest BCUT2D eigenvalue weighted by Gasteiger charge is 2.12. The Morgan fingerprint density at radius 2 is 1.93 bits per heavy atom. The highest BCUT2D eigenvalue weighted by molar-refractivity contribution is 7.13. The van der Waals surface area contributed by atoms with Gasteiger partial charge >= 0.3 is 0 Å². The van der Waals surface area contributed by atoms with Gasteiger partial charge in [-0.15, -0.1) is 11.3 Å². The van der Waals surface area contributed by atoms with Crippen LogP contribution in [-0.2, 0) is 17.8 Å². The van der Waals surface area contributed by atoms with E-state index in [0.29, 0.717) is 12.4 Å². The summed E-state index contributed by atoms with van der Waals surface area (Å²) < 4.78 is 1.78. The maximum Gasteiger partial charge on any atom is 0.231 e. The maximum atomic E-state index is 12.5. The molecule has 0 fully saturated rings. The molecule has 0 saturated heterocycles. The van der Waals surface area contributed by atoms with Crippen molar-refractivity contribution < 1.29 is 4.79 Å². The van der Waals surface area contributed by atoms with Gasteiger partial charge in [-0.1, -0.05) is 18.2 Å². The summed E-state index contributed by atoms with van der Waals surface area (Å²) in [5.41, 5.74) is 3.79. The number of carbonyl (C=O) groups excluding carboxylic acids is 1. The van der Waals surface area contributed by atoms with Crippen LogP contribution >= 0.6 is 11.3 Å². The number of nitrogens with one attached hydrogen (secondary N) is 1. The molecule has 0 saturated carbocycles. The van der Waals surface area contributed by atoms with Crippen LogP contribution in [0.5, 0.6) is 0 Å². The molecule has 4 aromatic rings. The lowest BCUT2D eigenvalue weighted by atomic mass is 10.2. The molecule has 0 aliphatic rings. The second kappa shape index (κ2) is 8.87. The normalized spacial score (nSPS) is 10.7. The summed E-state index contributed by atoms with van der Waals surface area (Å²) in [6.45, 7) is 0.580. The molecule has 1 N–H and O–H groups in total. The van der Waals surface area contributed by atoms with Crippen LogP contribution in [0.15, 0.2) is 66.3 Å². The molecule has 0 bridgehead atoms. The van der Waals surface area contributed by atoms with Gasteiger partial charge in [0.2, 0.25) is 5.91 Å². The minimum Gasteiger partial charge on any atom is -0.378 e. The summed E-state index contributed by atoms with van der Waals surface area (Å²) in [7, 11) is 4.02. The summed E-state index contributed by atoms with van der Waals surface area (Å²) >= 11 is 1.49. The minimum absolute atomic E-state index is 0.127. The molecule has 8 heteroatoms. The molecule has 152 valence electrons. The van der Waals surface area contributed by atoms with E-state index in [1.165, 1.54) is 11.3 Å². The first-order valence-electron chi connectivity index (χ1n) is 9.52. The van der Waals surface area contributed by atoms with Crippen LogP contribution in [0.4, 0.5) is 11.5 Å². The van der Waals surface area contributed by atoms with Crippen LogP contribution in [0.1, 0.15) is 11.3 Å². The largest absolute Gasteiger partial charge is 0.378 e. The van der Waals surface area contributed by atoms with Gasteiger partial charge in [-0.3, -0.25) is 9.78 Å². The summed E-state index contributed by atoms with van der Waals surface area (Å²) in [6, 6.07) is 15.8. The number of benzene rings is 1. The van der Waals surface area contributed by atoms with E-state index in [2.05, 4.69) is 49.5 Å². The van der Waals surface area contributed by atoms with E-state index in [9.17, 15) is 4.79 Å². The molecule has 1 amide bonds. The lowest BCUT2D eigenvalue weighted by Gasteiger charge is -2.13. The Bertz CT molecular complexity index is 1120. The van der Waals surface area contributed by atoms with Gasteiger partial charge in [0.1, 0.15) is 10.8 Å². The van der Waals surface area contributed by atoms with Gasteiger partial charge in [0, 0.05) is 37.4 Å². The van der Waals surface area contributed by atoms with Crippen molar-refractivity contribution in [3.8, 4) is 10.7 Å². The quantitative estimate of drug-likeness (QED) is 0.495. The van der Waals surface area contributed by atoms with Gasteiger partial charge in [0.15, 0.2) is 0 Å². The minimum atomic E-state index is -0.127. The molecule has 0 unspecified atom stereocenters. The van der Waals surface area contributed by atoms with Crippen molar-refractivity contribution in [1.29, 1.82) is 0 Å². The highest BCUT2D eigenvalue weighted by Crippen LogP contribution is 2.22. The van der Waals surface area contributed by atoms with Crippen LogP contribution < -0.4 is 10.2 Å². The van der Waals surface area contributed by atoms with Crippen molar-refractivity contribution in [3.05, 3.63) is 77.6 Å². The molecule has 3 heterocycles. The number of aromatic nitrogens is 4. The molecular weight excluding hydrogens is 396 g/mol. The molecule has 7 nitrogen and oxygen atoms in total. The summed E-state index contributed by atoms with van der Waals surface area (Å²) in [5, 5.41) is 9.99. The van der Waals surface area contributed by atoms with Crippen LogP contribution in [-0.4, -0.2) is 39.8 Å².